The SMILES string of the molecule is Cc1ccc(C[NH+](C)CC(=O)Nc2ccccc2C(=O)Nc2ccc(F)cc2)o1. The molecule has 0 fully saturated rings. The van der Waals surface area contributed by atoms with Gasteiger partial charge in [0.1, 0.15) is 18.1 Å². The predicted molar refractivity (Wildman–Crippen MR) is 108 cm³/mol. The van der Waals surface area contributed by atoms with Crippen LogP contribution in [0.3, 0.4) is 0 Å². The van der Waals surface area contributed by atoms with Gasteiger partial charge in [-0.05, 0) is 55.5 Å². The van der Waals surface area contributed by atoms with E-state index in [0.717, 1.165) is 16.4 Å². The van der Waals surface area contributed by atoms with Crippen LogP contribution in [0.25, 0.3) is 0 Å². The summed E-state index contributed by atoms with van der Waals surface area (Å²) in [6.45, 7) is 2.67. The number of halogens is 1. The summed E-state index contributed by atoms with van der Waals surface area (Å²) in [5.41, 5.74) is 1.21. The molecule has 1 heterocycles. The largest absolute Gasteiger partial charge is 0.460 e. The summed E-state index contributed by atoms with van der Waals surface area (Å²) >= 11 is 0. The molecule has 2 amide bonds. The zero-order chi connectivity index (χ0) is 20.8. The number of para-hydroxylation sites is 1. The standard InChI is InChI=1S/C22H22FN3O3/c1-15-7-12-18(29-15)13-26(2)14-21(27)25-20-6-4-3-5-19(20)22(28)24-17-10-8-16(23)9-11-17/h3-12H,13-14H2,1-2H3,(H,24,28)(H,25,27)/p+1. The summed E-state index contributed by atoms with van der Waals surface area (Å²) in [6, 6.07) is 16.0. The van der Waals surface area contributed by atoms with Gasteiger partial charge in [-0.15, -0.1) is 0 Å². The average molecular weight is 396 g/mol. The first kappa shape index (κ1) is 20.3. The summed E-state index contributed by atoms with van der Waals surface area (Å²) in [5, 5.41) is 5.50. The van der Waals surface area contributed by atoms with E-state index >= 15 is 0 Å². The first-order valence-electron chi connectivity index (χ1n) is 9.23. The van der Waals surface area contributed by atoms with Gasteiger partial charge in [0, 0.05) is 5.69 Å². The lowest BCUT2D eigenvalue weighted by atomic mass is 10.1. The molecule has 3 N–H and O–H groups in total. The Labute approximate surface area is 168 Å². The van der Waals surface area contributed by atoms with Crippen molar-refractivity contribution in [3.05, 3.63) is 83.6 Å². The van der Waals surface area contributed by atoms with Crippen LogP contribution in [0.1, 0.15) is 21.9 Å². The third-order valence-electron chi connectivity index (χ3n) is 4.28. The van der Waals surface area contributed by atoms with Gasteiger partial charge in [-0.1, -0.05) is 12.1 Å². The van der Waals surface area contributed by atoms with E-state index in [1.54, 1.807) is 24.3 Å². The van der Waals surface area contributed by atoms with Crippen LogP contribution in [0, 0.1) is 12.7 Å². The minimum atomic E-state index is -0.390. The van der Waals surface area contributed by atoms with Crippen LogP contribution in [0.2, 0.25) is 0 Å². The van der Waals surface area contributed by atoms with Gasteiger partial charge in [-0.3, -0.25) is 9.59 Å². The van der Waals surface area contributed by atoms with Gasteiger partial charge in [0.25, 0.3) is 11.8 Å². The molecule has 29 heavy (non-hydrogen) atoms. The molecule has 0 bridgehead atoms. The normalized spacial score (nSPS) is 11.7. The van der Waals surface area contributed by atoms with E-state index in [4.69, 9.17) is 4.42 Å². The minimum Gasteiger partial charge on any atom is -0.460 e. The molecule has 1 aromatic heterocycles. The lowest BCUT2D eigenvalue weighted by Gasteiger charge is -2.14. The van der Waals surface area contributed by atoms with E-state index in [-0.39, 0.29) is 24.2 Å². The van der Waals surface area contributed by atoms with Gasteiger partial charge in [-0.25, -0.2) is 4.39 Å². The Morgan fingerprint density at radius 3 is 2.41 bits per heavy atom. The van der Waals surface area contributed by atoms with Crippen molar-refractivity contribution in [2.24, 2.45) is 0 Å². The second-order valence-electron chi connectivity index (χ2n) is 6.88. The fourth-order valence-corrected chi connectivity index (χ4v) is 2.93. The fourth-order valence-electron chi connectivity index (χ4n) is 2.93. The lowest BCUT2D eigenvalue weighted by Crippen LogP contribution is -3.08. The predicted octanol–water partition coefficient (Wildman–Crippen LogP) is 2.63. The van der Waals surface area contributed by atoms with Gasteiger partial charge in [0.15, 0.2) is 12.3 Å². The molecule has 6 nitrogen and oxygen atoms in total. The molecule has 0 aliphatic heterocycles. The third-order valence-corrected chi connectivity index (χ3v) is 4.28. The maximum atomic E-state index is 13.0. The number of carbonyl (C=O) groups is 2. The van der Waals surface area contributed by atoms with Crippen molar-refractivity contribution >= 4 is 23.2 Å². The Morgan fingerprint density at radius 2 is 1.72 bits per heavy atom. The van der Waals surface area contributed by atoms with E-state index < -0.39 is 0 Å². The first-order valence-corrected chi connectivity index (χ1v) is 9.23. The topological polar surface area (TPSA) is 75.8 Å². The molecular weight excluding hydrogens is 373 g/mol. The summed E-state index contributed by atoms with van der Waals surface area (Å²) in [7, 11) is 1.89. The van der Waals surface area contributed by atoms with Gasteiger partial charge in [-0.2, -0.15) is 0 Å². The van der Waals surface area contributed by atoms with Crippen molar-refractivity contribution in [2.75, 3.05) is 24.2 Å². The number of rotatable bonds is 7. The minimum absolute atomic E-state index is 0.215. The number of hydrogen-bond acceptors (Lipinski definition) is 3. The highest BCUT2D eigenvalue weighted by Gasteiger charge is 2.16. The number of benzene rings is 2. The molecule has 0 saturated heterocycles. The lowest BCUT2D eigenvalue weighted by molar-refractivity contribution is -0.886. The van der Waals surface area contributed by atoms with Gasteiger partial charge in [0.05, 0.1) is 18.3 Å². The summed E-state index contributed by atoms with van der Waals surface area (Å²) in [5.74, 6) is 0.657. The van der Waals surface area contributed by atoms with Crippen molar-refractivity contribution < 1.29 is 23.3 Å². The van der Waals surface area contributed by atoms with Gasteiger partial charge >= 0.3 is 0 Å². The highest BCUT2D eigenvalue weighted by molar-refractivity contribution is 6.10. The quantitative estimate of drug-likeness (QED) is 0.575. The van der Waals surface area contributed by atoms with Crippen molar-refractivity contribution in [3.63, 3.8) is 0 Å². The van der Waals surface area contributed by atoms with Crippen LogP contribution < -0.4 is 15.5 Å². The molecule has 2 aromatic carbocycles. The van der Waals surface area contributed by atoms with Crippen molar-refractivity contribution in [1.82, 2.24) is 0 Å². The van der Waals surface area contributed by atoms with Crippen LogP contribution in [0.5, 0.6) is 0 Å². The molecule has 0 aliphatic carbocycles. The number of aryl methyl sites for hydroxylation is 1. The van der Waals surface area contributed by atoms with Crippen molar-refractivity contribution in [2.45, 2.75) is 13.5 Å². The maximum Gasteiger partial charge on any atom is 0.279 e. The number of hydrogen-bond donors (Lipinski definition) is 3. The van der Waals surface area contributed by atoms with Crippen molar-refractivity contribution in [3.8, 4) is 0 Å². The molecule has 0 aliphatic rings. The molecule has 7 heteroatoms. The monoisotopic (exact) mass is 396 g/mol. The smallest absolute Gasteiger partial charge is 0.279 e. The Morgan fingerprint density at radius 1 is 1.00 bits per heavy atom. The molecule has 0 spiro atoms. The molecule has 1 unspecified atom stereocenters. The number of carbonyl (C=O) groups excluding carboxylic acids is 2. The Balaban J connectivity index is 1.62. The molecular formula is C22H23FN3O3+. The summed E-state index contributed by atoms with van der Waals surface area (Å²) in [6.07, 6.45) is 0. The molecule has 150 valence electrons. The highest BCUT2D eigenvalue weighted by Crippen LogP contribution is 2.17. The van der Waals surface area contributed by atoms with E-state index in [9.17, 15) is 14.0 Å². The molecule has 0 radical (unpaired) electrons. The number of furan rings is 1. The second kappa shape index (κ2) is 9.16. The number of likely N-dealkylation sites (N-methyl/N-ethyl adjacent to an activating group) is 1. The van der Waals surface area contributed by atoms with Gasteiger partial charge in [0.2, 0.25) is 0 Å². The van der Waals surface area contributed by atoms with Crippen LogP contribution in [0.15, 0.2) is 65.1 Å². The first-order chi connectivity index (χ1) is 13.9. The Hall–Kier alpha value is -3.45. The number of quaternary nitrogens is 1. The Bertz CT molecular complexity index is 999. The zero-order valence-electron chi connectivity index (χ0n) is 16.3. The van der Waals surface area contributed by atoms with E-state index in [1.165, 1.54) is 24.3 Å². The van der Waals surface area contributed by atoms with Crippen molar-refractivity contribution in [1.29, 1.82) is 0 Å². The van der Waals surface area contributed by atoms with Crippen LogP contribution >= 0.6 is 0 Å². The van der Waals surface area contributed by atoms with Crippen LogP contribution in [-0.2, 0) is 11.3 Å². The second-order valence-corrected chi connectivity index (χ2v) is 6.88. The molecule has 1 atom stereocenters. The van der Waals surface area contributed by atoms with Gasteiger partial charge < -0.3 is 20.0 Å². The number of amides is 2. The summed E-state index contributed by atoms with van der Waals surface area (Å²) < 4.78 is 18.6. The van der Waals surface area contributed by atoms with E-state index in [2.05, 4.69) is 10.6 Å². The zero-order valence-corrected chi connectivity index (χ0v) is 16.3. The fraction of sp³-hybridized carbons (Fsp3) is 0.182. The van der Waals surface area contributed by atoms with Crippen LogP contribution in [-0.4, -0.2) is 25.4 Å². The maximum absolute atomic E-state index is 13.0. The molecule has 0 saturated carbocycles. The average Bonchev–Trinajstić information content (AvgIpc) is 3.08. The van der Waals surface area contributed by atoms with Crippen LogP contribution in [0.4, 0.5) is 15.8 Å². The molecule has 3 rings (SSSR count). The number of anilines is 2. The molecule has 3 aromatic rings. The Kier molecular flexibility index (Phi) is 6.41. The van der Waals surface area contributed by atoms with E-state index in [1.807, 2.05) is 26.1 Å². The highest BCUT2D eigenvalue weighted by atomic mass is 19.1. The third kappa shape index (κ3) is 5.76. The van der Waals surface area contributed by atoms with E-state index in [0.29, 0.717) is 23.5 Å². The number of nitrogens with one attached hydrogen (secondary N) is 3. The summed E-state index contributed by atoms with van der Waals surface area (Å²) in [4.78, 5) is 26.0.